The van der Waals surface area contributed by atoms with Crippen molar-refractivity contribution in [1.29, 1.82) is 0 Å². The predicted molar refractivity (Wildman–Crippen MR) is 89.0 cm³/mol. The Morgan fingerprint density at radius 2 is 1.96 bits per heavy atom. The zero-order chi connectivity index (χ0) is 18.0. The van der Waals surface area contributed by atoms with Crippen molar-refractivity contribution in [2.45, 2.75) is 39.2 Å². The number of carbonyl (C=O) groups is 2. The Labute approximate surface area is 142 Å². The summed E-state index contributed by atoms with van der Waals surface area (Å²) in [5.74, 6) is 0.0172. The average molecular weight is 338 g/mol. The quantitative estimate of drug-likeness (QED) is 0.547. The first-order valence-corrected chi connectivity index (χ1v) is 7.89. The predicted octanol–water partition coefficient (Wildman–Crippen LogP) is 1.96. The van der Waals surface area contributed by atoms with Crippen LogP contribution in [0.2, 0.25) is 0 Å². The average Bonchev–Trinajstić information content (AvgIpc) is 2.50. The summed E-state index contributed by atoms with van der Waals surface area (Å²) in [5.41, 5.74) is -0.191. The number of nitrogens with one attached hydrogen (secondary N) is 1. The lowest BCUT2D eigenvalue weighted by Crippen LogP contribution is -2.27. The molecule has 1 heterocycles. The number of carbonyl (C=O) groups excluding carboxylic acids is 2. The highest BCUT2D eigenvalue weighted by Gasteiger charge is 2.15. The summed E-state index contributed by atoms with van der Waals surface area (Å²) in [5, 5.41) is 2.72. The topological polar surface area (TPSA) is 86.8 Å². The first-order valence-electron chi connectivity index (χ1n) is 7.89. The Morgan fingerprint density at radius 3 is 2.54 bits per heavy atom. The Balaban J connectivity index is 2.29. The highest BCUT2D eigenvalue weighted by molar-refractivity contribution is 5.92. The third-order valence-electron chi connectivity index (χ3n) is 2.79. The zero-order valence-electron chi connectivity index (χ0n) is 14.8. The third-order valence-corrected chi connectivity index (χ3v) is 2.79. The van der Waals surface area contributed by atoms with Crippen LogP contribution >= 0.6 is 0 Å². The molecule has 1 N–H and O–H groups in total. The monoisotopic (exact) mass is 338 g/mol. The molecule has 7 nitrogen and oxygen atoms in total. The van der Waals surface area contributed by atoms with Gasteiger partial charge in [-0.2, -0.15) is 0 Å². The molecule has 1 aromatic rings. The molecule has 1 rings (SSSR count). The second kappa shape index (κ2) is 9.87. The van der Waals surface area contributed by atoms with Crippen molar-refractivity contribution >= 4 is 11.9 Å². The molecule has 0 spiro atoms. The molecule has 7 heteroatoms. The molecule has 0 aromatic carbocycles. The summed E-state index contributed by atoms with van der Waals surface area (Å²) < 4.78 is 15.5. The molecule has 1 amide bonds. The van der Waals surface area contributed by atoms with Crippen LogP contribution < -0.4 is 10.1 Å². The third kappa shape index (κ3) is 8.47. The molecular formula is C17H26N2O5. The summed E-state index contributed by atoms with van der Waals surface area (Å²) in [6, 6.07) is 3.27. The summed E-state index contributed by atoms with van der Waals surface area (Å²) in [6.07, 6.45) is 2.27. The van der Waals surface area contributed by atoms with Crippen LogP contribution in [0.25, 0.3) is 0 Å². The van der Waals surface area contributed by atoms with Gasteiger partial charge in [0.25, 0.3) is 5.91 Å². The van der Waals surface area contributed by atoms with Crippen LogP contribution in [0.15, 0.2) is 18.3 Å². The van der Waals surface area contributed by atoms with Crippen molar-refractivity contribution in [1.82, 2.24) is 10.3 Å². The molecular weight excluding hydrogens is 312 g/mol. The molecule has 0 aliphatic heterocycles. The molecule has 1 aromatic heterocycles. The largest absolute Gasteiger partial charge is 0.490 e. The number of methoxy groups -OCH3 is 1. The van der Waals surface area contributed by atoms with Crippen molar-refractivity contribution in [3.8, 4) is 5.75 Å². The minimum atomic E-state index is -0.489. The van der Waals surface area contributed by atoms with E-state index in [0.717, 1.165) is 0 Å². The lowest BCUT2D eigenvalue weighted by atomic mass is 10.2. The van der Waals surface area contributed by atoms with Crippen LogP contribution in [0.1, 0.15) is 44.1 Å². The van der Waals surface area contributed by atoms with Crippen LogP contribution in [-0.4, -0.2) is 49.3 Å². The van der Waals surface area contributed by atoms with Gasteiger partial charge < -0.3 is 19.5 Å². The van der Waals surface area contributed by atoms with Crippen molar-refractivity contribution in [3.63, 3.8) is 0 Å². The maximum absolute atomic E-state index is 11.9. The van der Waals surface area contributed by atoms with E-state index in [2.05, 4.69) is 10.3 Å². The molecule has 0 aliphatic carbocycles. The van der Waals surface area contributed by atoms with Gasteiger partial charge in [-0.05, 0) is 39.3 Å². The summed E-state index contributed by atoms with van der Waals surface area (Å²) in [6.45, 7) is 6.75. The Hall–Kier alpha value is -2.15. The van der Waals surface area contributed by atoms with E-state index in [1.165, 1.54) is 6.20 Å². The molecule has 0 bridgehead atoms. The number of ether oxygens (including phenoxy) is 3. The minimum Gasteiger partial charge on any atom is -0.490 e. The molecule has 0 atom stereocenters. The van der Waals surface area contributed by atoms with E-state index < -0.39 is 5.60 Å². The molecule has 24 heavy (non-hydrogen) atoms. The number of hydrogen-bond donors (Lipinski definition) is 1. The van der Waals surface area contributed by atoms with Gasteiger partial charge in [0.05, 0.1) is 12.8 Å². The van der Waals surface area contributed by atoms with Gasteiger partial charge in [-0.1, -0.05) is 0 Å². The molecule has 0 aliphatic rings. The van der Waals surface area contributed by atoms with Gasteiger partial charge in [0.15, 0.2) is 0 Å². The second-order valence-electron chi connectivity index (χ2n) is 6.17. The van der Waals surface area contributed by atoms with E-state index in [1.807, 2.05) is 20.8 Å². The van der Waals surface area contributed by atoms with Gasteiger partial charge in [0.2, 0.25) is 0 Å². The number of pyridine rings is 1. The lowest BCUT2D eigenvalue weighted by Gasteiger charge is -2.19. The van der Waals surface area contributed by atoms with Crippen LogP contribution in [-0.2, 0) is 14.3 Å². The highest BCUT2D eigenvalue weighted by atomic mass is 16.6. The van der Waals surface area contributed by atoms with E-state index in [-0.39, 0.29) is 18.3 Å². The number of nitrogens with zero attached hydrogens (tertiary/aromatic N) is 1. The van der Waals surface area contributed by atoms with Gasteiger partial charge in [-0.25, -0.2) is 4.98 Å². The van der Waals surface area contributed by atoms with Crippen molar-refractivity contribution < 1.29 is 23.8 Å². The normalized spacial score (nSPS) is 11.0. The standard InChI is InChI=1S/C17H26N2O5/c1-17(2,3)24-15(20)6-5-9-18-16(21)14-8-7-13(12-19-14)23-11-10-22-4/h7-8,12H,5-6,9-11H2,1-4H3,(H,18,21). The lowest BCUT2D eigenvalue weighted by molar-refractivity contribution is -0.154. The van der Waals surface area contributed by atoms with Crippen LogP contribution in [0.4, 0.5) is 0 Å². The number of rotatable bonds is 9. The maximum atomic E-state index is 11.9. The van der Waals surface area contributed by atoms with Crippen LogP contribution in [0.5, 0.6) is 5.75 Å². The van der Waals surface area contributed by atoms with Gasteiger partial charge in [-0.15, -0.1) is 0 Å². The zero-order valence-corrected chi connectivity index (χ0v) is 14.8. The smallest absolute Gasteiger partial charge is 0.306 e. The number of aromatic nitrogens is 1. The van der Waals surface area contributed by atoms with E-state index in [9.17, 15) is 9.59 Å². The fraction of sp³-hybridized carbons (Fsp3) is 0.588. The fourth-order valence-corrected chi connectivity index (χ4v) is 1.76. The second-order valence-corrected chi connectivity index (χ2v) is 6.17. The molecule has 0 saturated heterocycles. The number of esters is 1. The minimum absolute atomic E-state index is 0.261. The van der Waals surface area contributed by atoms with E-state index >= 15 is 0 Å². The van der Waals surface area contributed by atoms with E-state index in [0.29, 0.717) is 37.6 Å². The molecule has 0 radical (unpaired) electrons. The first-order chi connectivity index (χ1) is 11.3. The maximum Gasteiger partial charge on any atom is 0.306 e. The Morgan fingerprint density at radius 1 is 1.21 bits per heavy atom. The van der Waals surface area contributed by atoms with Gasteiger partial charge in [0.1, 0.15) is 23.7 Å². The Bertz CT molecular complexity index is 523. The van der Waals surface area contributed by atoms with E-state index in [1.54, 1.807) is 19.2 Å². The molecule has 0 saturated carbocycles. The fourth-order valence-electron chi connectivity index (χ4n) is 1.76. The Kier molecular flexibility index (Phi) is 8.18. The van der Waals surface area contributed by atoms with Gasteiger partial charge >= 0.3 is 5.97 Å². The summed E-state index contributed by atoms with van der Waals surface area (Å²) in [4.78, 5) is 27.5. The van der Waals surface area contributed by atoms with Crippen molar-refractivity contribution in [2.24, 2.45) is 0 Å². The molecule has 0 fully saturated rings. The number of hydrogen-bond acceptors (Lipinski definition) is 6. The summed E-state index contributed by atoms with van der Waals surface area (Å²) >= 11 is 0. The molecule has 134 valence electrons. The van der Waals surface area contributed by atoms with Crippen LogP contribution in [0, 0.1) is 0 Å². The van der Waals surface area contributed by atoms with Gasteiger partial charge in [0, 0.05) is 20.1 Å². The SMILES string of the molecule is COCCOc1ccc(C(=O)NCCCC(=O)OC(C)(C)C)nc1. The highest BCUT2D eigenvalue weighted by Crippen LogP contribution is 2.10. The summed E-state index contributed by atoms with van der Waals surface area (Å²) in [7, 11) is 1.60. The van der Waals surface area contributed by atoms with Crippen LogP contribution in [0.3, 0.4) is 0 Å². The number of amides is 1. The van der Waals surface area contributed by atoms with Crippen molar-refractivity contribution in [3.05, 3.63) is 24.0 Å². The van der Waals surface area contributed by atoms with Gasteiger partial charge in [-0.3, -0.25) is 9.59 Å². The van der Waals surface area contributed by atoms with Crippen molar-refractivity contribution in [2.75, 3.05) is 26.9 Å². The first kappa shape index (κ1) is 19.9. The molecule has 0 unspecified atom stereocenters. The van der Waals surface area contributed by atoms with E-state index in [4.69, 9.17) is 14.2 Å².